The van der Waals surface area contributed by atoms with Crippen molar-refractivity contribution < 1.29 is 9.59 Å². The number of likely N-dealkylation sites (tertiary alicyclic amines) is 1. The lowest BCUT2D eigenvalue weighted by Gasteiger charge is -2.20. The summed E-state index contributed by atoms with van der Waals surface area (Å²) >= 11 is 0. The number of amides is 3. The number of likely N-dealkylation sites (N-methyl/N-ethyl adjacent to an activating group) is 1. The smallest absolute Gasteiger partial charge is 0.321 e. The third kappa shape index (κ3) is 4.76. The molecular formula is C17H25N3O2. The Morgan fingerprint density at radius 1 is 1.05 bits per heavy atom. The molecule has 0 aromatic heterocycles. The van der Waals surface area contributed by atoms with E-state index in [1.807, 2.05) is 29.2 Å². The molecule has 1 N–H and O–H groups in total. The fraction of sp³-hybridized carbons (Fsp3) is 0.529. The first-order valence-electron chi connectivity index (χ1n) is 7.91. The van der Waals surface area contributed by atoms with Crippen molar-refractivity contribution in [3.63, 3.8) is 0 Å². The van der Waals surface area contributed by atoms with Crippen molar-refractivity contribution in [1.82, 2.24) is 9.80 Å². The van der Waals surface area contributed by atoms with Crippen LogP contribution in [0.3, 0.4) is 0 Å². The third-order valence-corrected chi connectivity index (χ3v) is 3.95. The number of carbonyl (C=O) groups excluding carboxylic acids is 2. The van der Waals surface area contributed by atoms with Crippen LogP contribution in [0.25, 0.3) is 0 Å². The lowest BCUT2D eigenvalue weighted by Crippen LogP contribution is -2.35. The van der Waals surface area contributed by atoms with E-state index >= 15 is 0 Å². The van der Waals surface area contributed by atoms with E-state index in [4.69, 9.17) is 0 Å². The molecule has 1 aliphatic rings. The van der Waals surface area contributed by atoms with Gasteiger partial charge in [0.2, 0.25) is 5.91 Å². The second-order valence-electron chi connectivity index (χ2n) is 5.99. The molecule has 0 bridgehead atoms. The first-order valence-corrected chi connectivity index (χ1v) is 7.91. The molecule has 5 heteroatoms. The van der Waals surface area contributed by atoms with Crippen molar-refractivity contribution in [3.05, 3.63) is 29.8 Å². The van der Waals surface area contributed by atoms with Gasteiger partial charge in [0.05, 0.1) is 6.42 Å². The average Bonchev–Trinajstić information content (AvgIpc) is 2.78. The second-order valence-corrected chi connectivity index (χ2v) is 5.99. The highest BCUT2D eigenvalue weighted by molar-refractivity contribution is 5.89. The summed E-state index contributed by atoms with van der Waals surface area (Å²) in [5.74, 6) is 0.0707. The molecule has 0 unspecified atom stereocenters. The van der Waals surface area contributed by atoms with Gasteiger partial charge in [-0.1, -0.05) is 25.0 Å². The molecule has 0 aliphatic carbocycles. The van der Waals surface area contributed by atoms with Crippen LogP contribution >= 0.6 is 0 Å². The van der Waals surface area contributed by atoms with Crippen molar-refractivity contribution in [2.45, 2.75) is 32.1 Å². The van der Waals surface area contributed by atoms with Crippen molar-refractivity contribution >= 4 is 17.6 Å². The van der Waals surface area contributed by atoms with Crippen LogP contribution in [0, 0.1) is 0 Å². The van der Waals surface area contributed by atoms with E-state index in [2.05, 4.69) is 5.32 Å². The Hall–Kier alpha value is -2.04. The highest BCUT2D eigenvalue weighted by atomic mass is 16.2. The summed E-state index contributed by atoms with van der Waals surface area (Å²) in [6.45, 7) is 1.67. The topological polar surface area (TPSA) is 52.7 Å². The van der Waals surface area contributed by atoms with Gasteiger partial charge in [0.25, 0.3) is 0 Å². The number of hydrogen-bond donors (Lipinski definition) is 1. The number of benzene rings is 1. The maximum absolute atomic E-state index is 12.2. The quantitative estimate of drug-likeness (QED) is 0.933. The molecule has 1 heterocycles. The fourth-order valence-corrected chi connectivity index (χ4v) is 2.51. The Kier molecular flexibility index (Phi) is 5.81. The zero-order valence-electron chi connectivity index (χ0n) is 13.5. The largest absolute Gasteiger partial charge is 0.349 e. The zero-order valence-corrected chi connectivity index (χ0v) is 13.5. The number of hydrogen-bond acceptors (Lipinski definition) is 2. The lowest BCUT2D eigenvalue weighted by atomic mass is 10.1. The van der Waals surface area contributed by atoms with Crippen LogP contribution in [-0.2, 0) is 11.2 Å². The van der Waals surface area contributed by atoms with E-state index in [-0.39, 0.29) is 11.9 Å². The monoisotopic (exact) mass is 303 g/mol. The Balaban J connectivity index is 1.90. The van der Waals surface area contributed by atoms with Crippen molar-refractivity contribution in [2.24, 2.45) is 0 Å². The molecule has 1 aromatic carbocycles. The molecule has 1 fully saturated rings. The number of nitrogens with one attached hydrogen (secondary N) is 1. The molecule has 0 atom stereocenters. The minimum atomic E-state index is -0.0287. The lowest BCUT2D eigenvalue weighted by molar-refractivity contribution is -0.127. The molecule has 1 aromatic rings. The summed E-state index contributed by atoms with van der Waals surface area (Å²) in [5, 5.41) is 2.93. The Bertz CT molecular complexity index is 503. The molecule has 120 valence electrons. The molecule has 0 radical (unpaired) electrons. The van der Waals surface area contributed by atoms with Gasteiger partial charge in [-0.05, 0) is 30.5 Å². The molecular weight excluding hydrogens is 278 g/mol. The van der Waals surface area contributed by atoms with Gasteiger partial charge in [0.1, 0.15) is 0 Å². The van der Waals surface area contributed by atoms with E-state index < -0.39 is 0 Å². The van der Waals surface area contributed by atoms with Crippen LogP contribution in [0.15, 0.2) is 24.3 Å². The van der Waals surface area contributed by atoms with Gasteiger partial charge in [0.15, 0.2) is 0 Å². The van der Waals surface area contributed by atoms with Crippen LogP contribution in [0.1, 0.15) is 31.2 Å². The molecule has 3 amide bonds. The summed E-state index contributed by atoms with van der Waals surface area (Å²) in [7, 11) is 3.50. The standard InChI is InChI=1S/C17H25N3O2/c1-19(2)16(21)13-14-7-9-15(10-8-14)18-17(22)20-11-5-3-4-6-12-20/h7-10H,3-6,11-13H2,1-2H3,(H,18,22). The highest BCUT2D eigenvalue weighted by Gasteiger charge is 2.15. The van der Waals surface area contributed by atoms with Crippen LogP contribution in [0.2, 0.25) is 0 Å². The van der Waals surface area contributed by atoms with E-state index in [9.17, 15) is 9.59 Å². The molecule has 0 spiro atoms. The van der Waals surface area contributed by atoms with Crippen molar-refractivity contribution in [2.75, 3.05) is 32.5 Å². The van der Waals surface area contributed by atoms with Gasteiger partial charge in [-0.25, -0.2) is 4.79 Å². The van der Waals surface area contributed by atoms with Crippen molar-refractivity contribution in [1.29, 1.82) is 0 Å². The second kappa shape index (κ2) is 7.82. The normalized spacial score (nSPS) is 15.1. The number of carbonyl (C=O) groups is 2. The van der Waals surface area contributed by atoms with E-state index in [1.165, 1.54) is 12.8 Å². The van der Waals surface area contributed by atoms with Gasteiger partial charge in [-0.15, -0.1) is 0 Å². The van der Waals surface area contributed by atoms with Gasteiger partial charge in [-0.2, -0.15) is 0 Å². The van der Waals surface area contributed by atoms with E-state index in [0.717, 1.165) is 37.2 Å². The minimum absolute atomic E-state index is 0.0287. The number of anilines is 1. The number of urea groups is 1. The maximum atomic E-state index is 12.2. The fourth-order valence-electron chi connectivity index (χ4n) is 2.51. The first-order chi connectivity index (χ1) is 10.6. The zero-order chi connectivity index (χ0) is 15.9. The SMILES string of the molecule is CN(C)C(=O)Cc1ccc(NC(=O)N2CCCCCC2)cc1. The van der Waals surface area contributed by atoms with E-state index in [0.29, 0.717) is 6.42 Å². The predicted molar refractivity (Wildman–Crippen MR) is 87.9 cm³/mol. The number of rotatable bonds is 3. The predicted octanol–water partition coefficient (Wildman–Crippen LogP) is 2.73. The summed E-state index contributed by atoms with van der Waals surface area (Å²) in [4.78, 5) is 27.4. The van der Waals surface area contributed by atoms with Crippen LogP contribution in [0.4, 0.5) is 10.5 Å². The first kappa shape index (κ1) is 16.3. The van der Waals surface area contributed by atoms with Crippen LogP contribution < -0.4 is 5.32 Å². The molecule has 1 aliphatic heterocycles. The molecule has 2 rings (SSSR count). The number of nitrogens with zero attached hydrogens (tertiary/aromatic N) is 2. The Labute approximate surface area is 132 Å². The molecule has 5 nitrogen and oxygen atoms in total. The molecule has 22 heavy (non-hydrogen) atoms. The summed E-state index contributed by atoms with van der Waals surface area (Å²) in [6, 6.07) is 7.46. The highest BCUT2D eigenvalue weighted by Crippen LogP contribution is 2.14. The molecule has 1 saturated heterocycles. The Morgan fingerprint density at radius 3 is 2.18 bits per heavy atom. The maximum Gasteiger partial charge on any atom is 0.321 e. The van der Waals surface area contributed by atoms with Gasteiger partial charge in [0, 0.05) is 32.9 Å². The minimum Gasteiger partial charge on any atom is -0.349 e. The van der Waals surface area contributed by atoms with Crippen molar-refractivity contribution in [3.8, 4) is 0 Å². The third-order valence-electron chi connectivity index (χ3n) is 3.95. The summed E-state index contributed by atoms with van der Waals surface area (Å²) in [5.41, 5.74) is 1.72. The summed E-state index contributed by atoms with van der Waals surface area (Å²) < 4.78 is 0. The van der Waals surface area contributed by atoms with Crippen LogP contribution in [-0.4, -0.2) is 48.9 Å². The molecule has 0 saturated carbocycles. The Morgan fingerprint density at radius 2 is 1.64 bits per heavy atom. The summed E-state index contributed by atoms with van der Waals surface area (Å²) in [6.07, 6.45) is 4.96. The van der Waals surface area contributed by atoms with E-state index in [1.54, 1.807) is 19.0 Å². The van der Waals surface area contributed by atoms with Gasteiger partial charge >= 0.3 is 6.03 Å². The van der Waals surface area contributed by atoms with Gasteiger partial charge < -0.3 is 15.1 Å². The van der Waals surface area contributed by atoms with Gasteiger partial charge in [-0.3, -0.25) is 4.79 Å². The average molecular weight is 303 g/mol. The van der Waals surface area contributed by atoms with Crippen LogP contribution in [0.5, 0.6) is 0 Å².